The summed E-state index contributed by atoms with van der Waals surface area (Å²) in [5.41, 5.74) is 10.6. The van der Waals surface area contributed by atoms with Crippen LogP contribution >= 0.6 is 0 Å². The number of nitrogens with one attached hydrogen (secondary N) is 2. The number of aliphatic hydroxyl groups excluding tert-OH is 1. The van der Waals surface area contributed by atoms with Crippen molar-refractivity contribution < 1.29 is 5.11 Å². The van der Waals surface area contributed by atoms with E-state index in [2.05, 4.69) is 63.5 Å². The van der Waals surface area contributed by atoms with Crippen LogP contribution in [-0.4, -0.2) is 63.4 Å². The van der Waals surface area contributed by atoms with Gasteiger partial charge in [0.25, 0.3) is 0 Å². The molecule has 3 aliphatic heterocycles. The van der Waals surface area contributed by atoms with E-state index in [4.69, 9.17) is 10.1 Å². The van der Waals surface area contributed by atoms with E-state index in [0.29, 0.717) is 18.5 Å². The van der Waals surface area contributed by atoms with Gasteiger partial charge in [0.05, 0.1) is 30.7 Å². The van der Waals surface area contributed by atoms with Gasteiger partial charge in [-0.25, -0.2) is 9.97 Å². The van der Waals surface area contributed by atoms with E-state index >= 15 is 0 Å². The highest BCUT2D eigenvalue weighted by atomic mass is 16.3. The van der Waals surface area contributed by atoms with E-state index in [1.807, 2.05) is 23.4 Å². The van der Waals surface area contributed by atoms with Gasteiger partial charge in [-0.1, -0.05) is 37.3 Å². The molecule has 8 nitrogen and oxygen atoms in total. The predicted octanol–water partition coefficient (Wildman–Crippen LogP) is 5.83. The number of aromatic nitrogens is 3. The fourth-order valence-corrected chi connectivity index (χ4v) is 7.51. The molecule has 2 fully saturated rings. The van der Waals surface area contributed by atoms with E-state index in [-0.39, 0.29) is 6.61 Å². The monoisotopic (exact) mass is 587 g/mol. The number of piperidine rings is 1. The minimum Gasteiger partial charge on any atom is -0.392 e. The zero-order valence-corrected chi connectivity index (χ0v) is 25.5. The van der Waals surface area contributed by atoms with E-state index < -0.39 is 0 Å². The van der Waals surface area contributed by atoms with Gasteiger partial charge in [0.15, 0.2) is 0 Å². The lowest BCUT2D eigenvalue weighted by Crippen LogP contribution is -2.44. The topological polar surface area (TPSA) is 92.7 Å². The lowest BCUT2D eigenvalue weighted by Gasteiger charge is -2.37. The Morgan fingerprint density at radius 2 is 1.91 bits per heavy atom. The van der Waals surface area contributed by atoms with Gasteiger partial charge < -0.3 is 20.3 Å². The minimum atomic E-state index is -0.108. The highest BCUT2D eigenvalue weighted by Gasteiger charge is 2.29. The number of fused-ring (bicyclic) bond motifs is 2. The average molecular weight is 588 g/mol. The van der Waals surface area contributed by atoms with E-state index in [9.17, 15) is 5.11 Å². The Balaban J connectivity index is 1.08. The molecule has 4 aromatic rings. The van der Waals surface area contributed by atoms with Gasteiger partial charge in [0.2, 0.25) is 0 Å². The van der Waals surface area contributed by atoms with Crippen molar-refractivity contribution in [3.05, 3.63) is 82.8 Å². The van der Waals surface area contributed by atoms with Crippen LogP contribution < -0.4 is 10.3 Å². The van der Waals surface area contributed by atoms with Gasteiger partial charge in [-0.15, -0.1) is 0 Å². The van der Waals surface area contributed by atoms with Crippen molar-refractivity contribution in [2.45, 2.75) is 64.1 Å². The Kier molecular flexibility index (Phi) is 7.28. The molecule has 0 spiro atoms. The smallest absolute Gasteiger partial charge is 0.141 e. The molecule has 226 valence electrons. The fourth-order valence-electron chi connectivity index (χ4n) is 7.51. The first-order valence-electron chi connectivity index (χ1n) is 16.3. The summed E-state index contributed by atoms with van der Waals surface area (Å²) in [6.45, 7) is 7.26. The Hall–Kier alpha value is -3.85. The summed E-state index contributed by atoms with van der Waals surface area (Å²) < 4.78 is 0. The lowest BCUT2D eigenvalue weighted by molar-refractivity contribution is 0.165. The highest BCUT2D eigenvalue weighted by molar-refractivity contribution is 5.95. The maximum atomic E-state index is 10.7. The van der Waals surface area contributed by atoms with E-state index in [1.54, 1.807) is 6.33 Å². The van der Waals surface area contributed by atoms with Crippen LogP contribution in [0.15, 0.2) is 60.0 Å². The van der Waals surface area contributed by atoms with Crippen LogP contribution in [0.3, 0.4) is 0 Å². The van der Waals surface area contributed by atoms with Crippen LogP contribution in [0.5, 0.6) is 0 Å². The molecule has 2 aromatic carbocycles. The first-order valence-corrected chi connectivity index (χ1v) is 16.3. The molecule has 5 heterocycles. The maximum absolute atomic E-state index is 10.7. The third-order valence-corrected chi connectivity index (χ3v) is 10.3. The summed E-state index contributed by atoms with van der Waals surface area (Å²) in [5.74, 6) is 1.43. The van der Waals surface area contributed by atoms with Crippen LogP contribution in [0, 0.1) is 5.92 Å². The van der Waals surface area contributed by atoms with Gasteiger partial charge in [-0.05, 0) is 104 Å². The number of likely N-dealkylation sites (tertiary alicyclic amines) is 1. The van der Waals surface area contributed by atoms with Crippen molar-refractivity contribution in [2.24, 2.45) is 11.0 Å². The molecule has 0 radical (unpaired) electrons. The second-order valence-corrected chi connectivity index (χ2v) is 12.9. The van der Waals surface area contributed by atoms with Crippen molar-refractivity contribution in [1.29, 1.82) is 0 Å². The third-order valence-electron chi connectivity index (χ3n) is 10.3. The Morgan fingerprint density at radius 1 is 1.02 bits per heavy atom. The number of hydrogen-bond donors (Lipinski definition) is 3. The van der Waals surface area contributed by atoms with Crippen molar-refractivity contribution >= 4 is 28.5 Å². The molecule has 1 saturated carbocycles. The van der Waals surface area contributed by atoms with E-state index in [1.165, 1.54) is 61.0 Å². The minimum absolute atomic E-state index is 0.108. The molecule has 0 amide bonds. The van der Waals surface area contributed by atoms with Crippen molar-refractivity contribution in [2.75, 3.05) is 31.2 Å². The Morgan fingerprint density at radius 3 is 2.73 bits per heavy atom. The fraction of sp³-hybridized carbons (Fsp3) is 0.417. The van der Waals surface area contributed by atoms with E-state index in [0.717, 1.165) is 64.7 Å². The molecule has 1 aliphatic carbocycles. The standard InChI is InChI=1S/C36H41N7O/c1-2-42-14-11-24(12-15-42)32-17-26(10-13-37-32)33-18-30-35(38-22-39-36(30)41-33)29-4-3-5-34(31(29)21-44)43-20-27-9-8-25(23-6-7-23)16-28(27)19-40-43/h3-5,8-10,16,18-19,22-24,32,37,44H,2,6-7,11-15,17,20-21H2,1H3,(H,38,39,41). The van der Waals surface area contributed by atoms with Crippen LogP contribution in [0.4, 0.5) is 5.69 Å². The van der Waals surface area contributed by atoms with Crippen molar-refractivity contribution in [3.8, 4) is 11.3 Å². The maximum Gasteiger partial charge on any atom is 0.141 e. The SMILES string of the molecule is CCN1CCC(C2CC(c3cc4c(-c5cccc(N6Cc7ccc(C8CC8)cc7C=N6)c5CO)ncnc4[nH]3)=CCN2)CC1. The summed E-state index contributed by atoms with van der Waals surface area (Å²) in [7, 11) is 0. The molecular weight excluding hydrogens is 546 g/mol. The molecule has 1 unspecified atom stereocenters. The number of hydrogen-bond acceptors (Lipinski definition) is 7. The zero-order valence-electron chi connectivity index (χ0n) is 25.5. The molecule has 44 heavy (non-hydrogen) atoms. The molecule has 1 atom stereocenters. The molecule has 4 aliphatic rings. The Labute approximate surface area is 258 Å². The first kappa shape index (κ1) is 27.7. The van der Waals surface area contributed by atoms with Gasteiger partial charge >= 0.3 is 0 Å². The number of rotatable bonds is 7. The molecule has 2 aromatic heterocycles. The second-order valence-electron chi connectivity index (χ2n) is 12.9. The van der Waals surface area contributed by atoms with Crippen LogP contribution in [0.2, 0.25) is 0 Å². The summed E-state index contributed by atoms with van der Waals surface area (Å²) >= 11 is 0. The predicted molar refractivity (Wildman–Crippen MR) is 177 cm³/mol. The summed E-state index contributed by atoms with van der Waals surface area (Å²) in [6.07, 6.45) is 12.0. The largest absolute Gasteiger partial charge is 0.392 e. The third kappa shape index (κ3) is 5.15. The van der Waals surface area contributed by atoms with Crippen molar-refractivity contribution in [3.63, 3.8) is 0 Å². The van der Waals surface area contributed by atoms with Crippen molar-refractivity contribution in [1.82, 2.24) is 25.2 Å². The number of hydrazone groups is 1. The van der Waals surface area contributed by atoms with Crippen LogP contribution in [-0.2, 0) is 13.2 Å². The molecule has 0 bridgehead atoms. The normalized spacial score (nSPS) is 21.1. The summed E-state index contributed by atoms with van der Waals surface area (Å²) in [4.78, 5) is 15.5. The molecule has 8 heteroatoms. The van der Waals surface area contributed by atoms with Crippen LogP contribution in [0.1, 0.15) is 72.9 Å². The summed E-state index contributed by atoms with van der Waals surface area (Å²) in [5, 5.41) is 22.3. The number of aliphatic hydroxyl groups is 1. The molecule has 1 saturated heterocycles. The number of nitrogens with zero attached hydrogens (tertiary/aromatic N) is 5. The van der Waals surface area contributed by atoms with Crippen LogP contribution in [0.25, 0.3) is 27.9 Å². The second kappa shape index (κ2) is 11.6. The average Bonchev–Trinajstić information content (AvgIpc) is 3.85. The highest BCUT2D eigenvalue weighted by Crippen LogP contribution is 2.41. The number of benzene rings is 2. The van der Waals surface area contributed by atoms with Gasteiger partial charge in [0.1, 0.15) is 12.0 Å². The molecular formula is C36H41N7O. The number of aromatic amines is 1. The van der Waals surface area contributed by atoms with Gasteiger partial charge in [-0.3, -0.25) is 5.01 Å². The molecule has 3 N–H and O–H groups in total. The van der Waals surface area contributed by atoms with Gasteiger partial charge in [0, 0.05) is 34.8 Å². The lowest BCUT2D eigenvalue weighted by atomic mass is 9.83. The number of H-pyrrole nitrogens is 1. The number of anilines is 1. The first-order chi connectivity index (χ1) is 21.7. The summed E-state index contributed by atoms with van der Waals surface area (Å²) in [6, 6.07) is 15.7. The quantitative estimate of drug-likeness (QED) is 0.252. The zero-order chi connectivity index (χ0) is 29.6. The molecule has 8 rings (SSSR count). The van der Waals surface area contributed by atoms with Gasteiger partial charge in [-0.2, -0.15) is 5.10 Å². The Bertz CT molecular complexity index is 1740.